The van der Waals surface area contributed by atoms with Crippen molar-refractivity contribution in [2.45, 2.75) is 37.8 Å². The Morgan fingerprint density at radius 3 is 2.56 bits per heavy atom. The minimum Gasteiger partial charge on any atom is -0.396 e. The van der Waals surface area contributed by atoms with Gasteiger partial charge in [0.1, 0.15) is 5.54 Å². The minimum absolute atomic E-state index is 0.0524. The molecule has 2 aliphatic heterocycles. The zero-order valence-corrected chi connectivity index (χ0v) is 14.5. The van der Waals surface area contributed by atoms with Crippen LogP contribution in [0.15, 0.2) is 66.2 Å². The molecule has 3 heteroatoms. The summed E-state index contributed by atoms with van der Waals surface area (Å²) in [5.74, 6) is 0.170. The number of hydrogen-bond donors (Lipinski definition) is 1. The monoisotopic (exact) mass is 333 g/mol. The molecule has 2 aromatic carbocycles. The van der Waals surface area contributed by atoms with Crippen molar-refractivity contribution in [3.05, 3.63) is 77.4 Å². The van der Waals surface area contributed by atoms with Crippen LogP contribution >= 0.6 is 0 Å². The van der Waals surface area contributed by atoms with Crippen LogP contribution in [-0.2, 0) is 5.54 Å². The molecular formula is C22H23NO2. The molecule has 0 fully saturated rings. The van der Waals surface area contributed by atoms with Gasteiger partial charge in [-0.3, -0.25) is 4.79 Å². The van der Waals surface area contributed by atoms with Gasteiger partial charge < -0.3 is 10.0 Å². The number of rotatable bonds is 4. The largest absolute Gasteiger partial charge is 0.396 e. The minimum atomic E-state index is -0.691. The van der Waals surface area contributed by atoms with Crippen molar-refractivity contribution in [3.63, 3.8) is 0 Å². The second kappa shape index (κ2) is 6.16. The van der Waals surface area contributed by atoms with E-state index in [1.807, 2.05) is 42.5 Å². The molecule has 3 nitrogen and oxygen atoms in total. The number of fused-ring (bicyclic) bond motifs is 3. The normalized spacial score (nSPS) is 24.7. The van der Waals surface area contributed by atoms with Gasteiger partial charge in [-0.1, -0.05) is 61.0 Å². The predicted molar refractivity (Wildman–Crippen MR) is 99.9 cm³/mol. The fourth-order valence-electron chi connectivity index (χ4n) is 4.54. The number of Topliss-reactive ketones (excluding diaryl/α,β-unsaturated/α-hetero) is 1. The van der Waals surface area contributed by atoms with Gasteiger partial charge >= 0.3 is 0 Å². The molecule has 2 heterocycles. The highest BCUT2D eigenvalue weighted by Crippen LogP contribution is 2.52. The third kappa shape index (κ3) is 2.19. The van der Waals surface area contributed by atoms with Crippen LogP contribution in [0, 0.1) is 0 Å². The van der Waals surface area contributed by atoms with Crippen molar-refractivity contribution in [3.8, 4) is 0 Å². The van der Waals surface area contributed by atoms with Gasteiger partial charge in [0.05, 0.1) is 6.04 Å². The number of para-hydroxylation sites is 1. The summed E-state index contributed by atoms with van der Waals surface area (Å²) in [6.07, 6.45) is 4.47. The van der Waals surface area contributed by atoms with Crippen LogP contribution in [0.5, 0.6) is 0 Å². The molecule has 0 saturated heterocycles. The van der Waals surface area contributed by atoms with E-state index in [-0.39, 0.29) is 18.4 Å². The van der Waals surface area contributed by atoms with Gasteiger partial charge in [-0.15, -0.1) is 0 Å². The zero-order chi connectivity index (χ0) is 17.4. The SMILES string of the molecule is CCC1=CC[C@@]2(c3ccccc3)C(=O)c3ccccc3N2[C@@H]1CCO. The lowest BCUT2D eigenvalue weighted by Crippen LogP contribution is -2.55. The Hall–Kier alpha value is -2.39. The molecule has 2 atom stereocenters. The average Bonchev–Trinajstić information content (AvgIpc) is 2.93. The van der Waals surface area contributed by atoms with Crippen LogP contribution in [0.2, 0.25) is 0 Å². The number of aliphatic hydroxyl groups excluding tert-OH is 1. The highest BCUT2D eigenvalue weighted by Gasteiger charge is 2.55. The summed E-state index contributed by atoms with van der Waals surface area (Å²) >= 11 is 0. The highest BCUT2D eigenvalue weighted by atomic mass is 16.3. The van der Waals surface area contributed by atoms with Crippen molar-refractivity contribution in [2.75, 3.05) is 11.5 Å². The smallest absolute Gasteiger partial charge is 0.195 e. The molecule has 0 aliphatic carbocycles. The van der Waals surface area contributed by atoms with Crippen molar-refractivity contribution in [1.29, 1.82) is 0 Å². The first-order chi connectivity index (χ1) is 12.2. The number of ketones is 1. The van der Waals surface area contributed by atoms with Crippen molar-refractivity contribution >= 4 is 11.5 Å². The number of carbonyl (C=O) groups excluding carboxylic acids is 1. The van der Waals surface area contributed by atoms with E-state index in [9.17, 15) is 9.90 Å². The summed E-state index contributed by atoms with van der Waals surface area (Å²) in [5.41, 5.74) is 3.44. The van der Waals surface area contributed by atoms with Gasteiger partial charge in [-0.25, -0.2) is 0 Å². The fourth-order valence-corrected chi connectivity index (χ4v) is 4.54. The molecule has 2 aromatic rings. The van der Waals surface area contributed by atoms with Gasteiger partial charge in [0.15, 0.2) is 5.78 Å². The van der Waals surface area contributed by atoms with E-state index in [0.29, 0.717) is 12.8 Å². The van der Waals surface area contributed by atoms with E-state index >= 15 is 0 Å². The Bertz CT molecular complexity index is 827. The molecule has 0 spiro atoms. The molecule has 0 bridgehead atoms. The van der Waals surface area contributed by atoms with E-state index in [1.165, 1.54) is 5.57 Å². The van der Waals surface area contributed by atoms with Crippen LogP contribution < -0.4 is 4.90 Å². The standard InChI is InChI=1S/C22H23NO2/c1-2-16-12-14-22(17-8-4-3-5-9-17)21(25)18-10-6-7-11-20(18)23(22)19(16)13-15-24/h3-12,19,24H,2,13-15H2,1H3/t19-,22-/m1/s1. The molecule has 2 aliphatic rings. The van der Waals surface area contributed by atoms with Crippen LogP contribution in [0.1, 0.15) is 42.1 Å². The van der Waals surface area contributed by atoms with E-state index in [1.54, 1.807) is 0 Å². The van der Waals surface area contributed by atoms with Crippen molar-refractivity contribution in [2.24, 2.45) is 0 Å². The van der Waals surface area contributed by atoms with E-state index in [4.69, 9.17) is 0 Å². The molecule has 4 rings (SSSR count). The van der Waals surface area contributed by atoms with Crippen molar-refractivity contribution < 1.29 is 9.90 Å². The Labute approximate surface area is 148 Å². The molecule has 0 saturated carbocycles. The fraction of sp³-hybridized carbons (Fsp3) is 0.318. The number of aliphatic hydroxyl groups is 1. The van der Waals surface area contributed by atoms with E-state index in [0.717, 1.165) is 23.2 Å². The number of benzene rings is 2. The average molecular weight is 333 g/mol. The Kier molecular flexibility index (Phi) is 3.97. The summed E-state index contributed by atoms with van der Waals surface area (Å²) in [5, 5.41) is 9.68. The quantitative estimate of drug-likeness (QED) is 0.857. The maximum Gasteiger partial charge on any atom is 0.195 e. The number of carbonyl (C=O) groups is 1. The maximum atomic E-state index is 13.6. The lowest BCUT2D eigenvalue weighted by Gasteiger charge is -2.48. The van der Waals surface area contributed by atoms with Crippen molar-refractivity contribution in [1.82, 2.24) is 0 Å². The van der Waals surface area contributed by atoms with Gasteiger partial charge in [-0.2, -0.15) is 0 Å². The molecule has 25 heavy (non-hydrogen) atoms. The summed E-state index contributed by atoms with van der Waals surface area (Å²) in [7, 11) is 0. The Morgan fingerprint density at radius 2 is 1.84 bits per heavy atom. The molecular weight excluding hydrogens is 310 g/mol. The van der Waals surface area contributed by atoms with Crippen LogP contribution in [0.3, 0.4) is 0 Å². The number of nitrogens with zero attached hydrogens (tertiary/aromatic N) is 1. The summed E-state index contributed by atoms with van der Waals surface area (Å²) in [4.78, 5) is 15.9. The molecule has 1 N–H and O–H groups in total. The molecule has 0 amide bonds. The third-order valence-electron chi connectivity index (χ3n) is 5.66. The number of anilines is 1. The predicted octanol–water partition coefficient (Wildman–Crippen LogP) is 4.08. The first-order valence-corrected chi connectivity index (χ1v) is 9.02. The number of hydrogen-bond acceptors (Lipinski definition) is 3. The van der Waals surface area contributed by atoms with Gasteiger partial charge in [0.2, 0.25) is 0 Å². The molecule has 0 radical (unpaired) electrons. The van der Waals surface area contributed by atoms with Gasteiger partial charge in [0.25, 0.3) is 0 Å². The lowest BCUT2D eigenvalue weighted by molar-refractivity contribution is 0.0886. The van der Waals surface area contributed by atoms with E-state index < -0.39 is 5.54 Å². The second-order valence-corrected chi connectivity index (χ2v) is 6.81. The van der Waals surface area contributed by atoms with Gasteiger partial charge in [0, 0.05) is 24.3 Å². The summed E-state index contributed by atoms with van der Waals surface area (Å²) in [6, 6.07) is 18.0. The molecule has 0 aromatic heterocycles. The first-order valence-electron chi connectivity index (χ1n) is 9.02. The second-order valence-electron chi connectivity index (χ2n) is 6.81. The first kappa shape index (κ1) is 16.1. The van der Waals surface area contributed by atoms with Gasteiger partial charge in [-0.05, 0) is 30.5 Å². The third-order valence-corrected chi connectivity index (χ3v) is 5.66. The highest BCUT2D eigenvalue weighted by molar-refractivity contribution is 6.15. The Balaban J connectivity index is 1.98. The molecule has 0 unspecified atom stereocenters. The lowest BCUT2D eigenvalue weighted by atomic mass is 9.76. The summed E-state index contributed by atoms with van der Waals surface area (Å²) < 4.78 is 0. The van der Waals surface area contributed by atoms with Crippen LogP contribution in [-0.4, -0.2) is 23.5 Å². The van der Waals surface area contributed by atoms with E-state index in [2.05, 4.69) is 30.0 Å². The Morgan fingerprint density at radius 1 is 1.12 bits per heavy atom. The summed E-state index contributed by atoms with van der Waals surface area (Å²) in [6.45, 7) is 2.26. The zero-order valence-electron chi connectivity index (χ0n) is 14.5. The topological polar surface area (TPSA) is 40.5 Å². The van der Waals surface area contributed by atoms with Crippen LogP contribution in [0.4, 0.5) is 5.69 Å². The molecule has 128 valence electrons. The van der Waals surface area contributed by atoms with Crippen LogP contribution in [0.25, 0.3) is 0 Å². The maximum absolute atomic E-state index is 13.6.